The van der Waals surface area contributed by atoms with Gasteiger partial charge in [-0.3, -0.25) is 4.79 Å². The van der Waals surface area contributed by atoms with Crippen LogP contribution in [0.4, 0.5) is 11.8 Å². The lowest BCUT2D eigenvalue weighted by Gasteiger charge is -2.16. The molecule has 1 aromatic rings. The summed E-state index contributed by atoms with van der Waals surface area (Å²) in [5, 5.41) is -0.580. The Hall–Kier alpha value is -1.36. The van der Waals surface area contributed by atoms with Gasteiger partial charge in [0.2, 0.25) is 5.95 Å². The first-order chi connectivity index (χ1) is 6.91. The highest BCUT2D eigenvalue weighted by atomic mass is 35.5. The molecule has 15 heavy (non-hydrogen) atoms. The Morgan fingerprint density at radius 2 is 1.80 bits per heavy atom. The largest absolute Gasteiger partial charge is 0.363 e. The molecule has 0 aliphatic heterocycles. The molecule has 0 fully saturated rings. The molecule has 0 amide bonds. The van der Waals surface area contributed by atoms with Gasteiger partial charge in [0.25, 0.3) is 5.24 Å². The first-order valence-electron chi connectivity index (χ1n) is 4.35. The zero-order chi connectivity index (χ0) is 11.6. The summed E-state index contributed by atoms with van der Waals surface area (Å²) < 4.78 is 0. The van der Waals surface area contributed by atoms with E-state index in [1.807, 2.05) is 14.1 Å². The quantitative estimate of drug-likeness (QED) is 0.722. The molecule has 0 bridgehead atoms. The minimum Gasteiger partial charge on any atom is -0.363 e. The van der Waals surface area contributed by atoms with E-state index in [2.05, 4.69) is 9.97 Å². The Morgan fingerprint density at radius 1 is 1.20 bits per heavy atom. The van der Waals surface area contributed by atoms with Gasteiger partial charge in [0.1, 0.15) is 11.5 Å². The number of hydrogen-bond donors (Lipinski definition) is 0. The Morgan fingerprint density at radius 3 is 2.20 bits per heavy atom. The van der Waals surface area contributed by atoms with E-state index in [0.29, 0.717) is 11.8 Å². The lowest BCUT2D eigenvalue weighted by Crippen LogP contribution is -2.18. The predicted molar refractivity (Wildman–Crippen MR) is 60.9 cm³/mol. The van der Waals surface area contributed by atoms with Crippen molar-refractivity contribution in [2.45, 2.75) is 0 Å². The molecule has 5 nitrogen and oxygen atoms in total. The molecule has 0 spiro atoms. The summed E-state index contributed by atoms with van der Waals surface area (Å²) in [6, 6.07) is 1.56. The molecule has 0 unspecified atom stereocenters. The van der Waals surface area contributed by atoms with Gasteiger partial charge in [-0.25, -0.2) is 4.98 Å². The topological polar surface area (TPSA) is 49.3 Å². The van der Waals surface area contributed by atoms with Crippen molar-refractivity contribution in [2.75, 3.05) is 38.0 Å². The Bertz CT molecular complexity index is 352. The molecule has 0 aliphatic rings. The Kier molecular flexibility index (Phi) is 3.47. The van der Waals surface area contributed by atoms with E-state index in [-0.39, 0.29) is 5.69 Å². The van der Waals surface area contributed by atoms with Gasteiger partial charge in [-0.1, -0.05) is 0 Å². The molecule has 6 heteroatoms. The molecule has 1 heterocycles. The standard InChI is InChI=1S/C9H13ClN4O/c1-13(2)7-5-6(8(10)15)11-9(12-7)14(3)4/h5H,1-4H3. The van der Waals surface area contributed by atoms with Gasteiger partial charge in [0.05, 0.1) is 0 Å². The van der Waals surface area contributed by atoms with Gasteiger partial charge < -0.3 is 9.80 Å². The molecule has 0 saturated heterocycles. The zero-order valence-corrected chi connectivity index (χ0v) is 9.91. The number of aromatic nitrogens is 2. The third-order valence-electron chi connectivity index (χ3n) is 1.76. The van der Waals surface area contributed by atoms with Crippen LogP contribution in [0.2, 0.25) is 0 Å². The van der Waals surface area contributed by atoms with Crippen LogP contribution in [0.1, 0.15) is 10.5 Å². The summed E-state index contributed by atoms with van der Waals surface area (Å²) in [5.41, 5.74) is 0.207. The van der Waals surface area contributed by atoms with E-state index in [4.69, 9.17) is 11.6 Å². The van der Waals surface area contributed by atoms with Crippen molar-refractivity contribution in [3.05, 3.63) is 11.8 Å². The second kappa shape index (κ2) is 4.44. The maximum atomic E-state index is 11.0. The number of anilines is 2. The van der Waals surface area contributed by atoms with Gasteiger partial charge in [-0.2, -0.15) is 4.98 Å². The molecule has 1 rings (SSSR count). The van der Waals surface area contributed by atoms with Crippen LogP contribution in [0, 0.1) is 0 Å². The predicted octanol–water partition coefficient (Wildman–Crippen LogP) is 0.988. The maximum Gasteiger partial charge on any atom is 0.271 e. The average Bonchev–Trinajstić information content (AvgIpc) is 2.16. The number of nitrogens with zero attached hydrogens (tertiary/aromatic N) is 4. The van der Waals surface area contributed by atoms with Crippen molar-refractivity contribution in [3.8, 4) is 0 Å². The second-order valence-electron chi connectivity index (χ2n) is 3.47. The zero-order valence-electron chi connectivity index (χ0n) is 9.15. The summed E-state index contributed by atoms with van der Waals surface area (Å²) in [7, 11) is 7.28. The molecular weight excluding hydrogens is 216 g/mol. The van der Waals surface area contributed by atoms with Gasteiger partial charge in [0.15, 0.2) is 0 Å². The summed E-state index contributed by atoms with van der Waals surface area (Å²) in [4.78, 5) is 22.8. The maximum absolute atomic E-state index is 11.0. The van der Waals surface area contributed by atoms with Crippen molar-refractivity contribution >= 4 is 28.6 Å². The van der Waals surface area contributed by atoms with Crippen LogP contribution in [0.5, 0.6) is 0 Å². The lowest BCUT2D eigenvalue weighted by atomic mass is 10.4. The van der Waals surface area contributed by atoms with Crippen LogP contribution < -0.4 is 9.80 Å². The molecule has 0 N–H and O–H groups in total. The third-order valence-corrected chi connectivity index (χ3v) is 1.95. The molecule has 0 radical (unpaired) electrons. The number of hydrogen-bond acceptors (Lipinski definition) is 5. The SMILES string of the molecule is CN(C)c1cc(C(=O)Cl)nc(N(C)C)n1. The van der Waals surface area contributed by atoms with E-state index in [0.717, 1.165) is 0 Å². The Labute approximate surface area is 93.7 Å². The van der Waals surface area contributed by atoms with Crippen molar-refractivity contribution in [2.24, 2.45) is 0 Å². The number of rotatable bonds is 3. The highest BCUT2D eigenvalue weighted by Gasteiger charge is 2.11. The van der Waals surface area contributed by atoms with E-state index in [1.54, 1.807) is 30.0 Å². The van der Waals surface area contributed by atoms with Gasteiger partial charge in [-0.15, -0.1) is 0 Å². The normalized spacial score (nSPS) is 9.93. The summed E-state index contributed by atoms with van der Waals surface area (Å²) in [6.45, 7) is 0. The van der Waals surface area contributed by atoms with Crippen molar-refractivity contribution in [3.63, 3.8) is 0 Å². The van der Waals surface area contributed by atoms with Crippen LogP contribution in [-0.2, 0) is 0 Å². The summed E-state index contributed by atoms with van der Waals surface area (Å²) in [5.74, 6) is 1.11. The highest BCUT2D eigenvalue weighted by Crippen LogP contribution is 2.15. The first kappa shape index (κ1) is 11.7. The summed E-state index contributed by atoms with van der Waals surface area (Å²) >= 11 is 5.39. The minimum absolute atomic E-state index is 0.207. The Balaban J connectivity index is 3.26. The van der Waals surface area contributed by atoms with E-state index >= 15 is 0 Å². The number of halogens is 1. The minimum atomic E-state index is -0.580. The molecular formula is C9H13ClN4O. The second-order valence-corrected chi connectivity index (χ2v) is 3.82. The molecule has 82 valence electrons. The fourth-order valence-corrected chi connectivity index (χ4v) is 1.05. The smallest absolute Gasteiger partial charge is 0.271 e. The molecule has 0 aliphatic carbocycles. The molecule has 0 atom stereocenters. The van der Waals surface area contributed by atoms with Gasteiger partial charge in [0, 0.05) is 34.3 Å². The van der Waals surface area contributed by atoms with Crippen molar-refractivity contribution in [1.82, 2.24) is 9.97 Å². The van der Waals surface area contributed by atoms with Crippen molar-refractivity contribution in [1.29, 1.82) is 0 Å². The highest BCUT2D eigenvalue weighted by molar-refractivity contribution is 6.67. The van der Waals surface area contributed by atoms with Crippen LogP contribution in [0.3, 0.4) is 0 Å². The number of carbonyl (C=O) groups excluding carboxylic acids is 1. The number of carbonyl (C=O) groups is 1. The van der Waals surface area contributed by atoms with E-state index < -0.39 is 5.24 Å². The van der Waals surface area contributed by atoms with E-state index in [9.17, 15) is 4.79 Å². The fraction of sp³-hybridized carbons (Fsp3) is 0.444. The van der Waals surface area contributed by atoms with Crippen LogP contribution in [-0.4, -0.2) is 43.4 Å². The van der Waals surface area contributed by atoms with Crippen molar-refractivity contribution < 1.29 is 4.79 Å². The summed E-state index contributed by atoms with van der Waals surface area (Å²) in [6.07, 6.45) is 0. The monoisotopic (exact) mass is 228 g/mol. The molecule has 1 aromatic heterocycles. The van der Waals surface area contributed by atoms with Gasteiger partial charge in [-0.05, 0) is 11.6 Å². The lowest BCUT2D eigenvalue weighted by molar-refractivity contribution is 0.107. The van der Waals surface area contributed by atoms with Crippen LogP contribution in [0.25, 0.3) is 0 Å². The molecule has 0 saturated carbocycles. The third kappa shape index (κ3) is 2.79. The van der Waals surface area contributed by atoms with Gasteiger partial charge >= 0.3 is 0 Å². The van der Waals surface area contributed by atoms with Crippen LogP contribution >= 0.6 is 11.6 Å². The fourth-order valence-electron chi connectivity index (χ4n) is 0.952. The van der Waals surface area contributed by atoms with Crippen LogP contribution in [0.15, 0.2) is 6.07 Å². The van der Waals surface area contributed by atoms with E-state index in [1.165, 1.54) is 0 Å². The molecule has 0 aromatic carbocycles. The average molecular weight is 229 g/mol. The first-order valence-corrected chi connectivity index (χ1v) is 4.73.